The maximum absolute atomic E-state index is 12.9. The molecule has 0 saturated carbocycles. The number of aryl methyl sites for hydroxylation is 2. The topological polar surface area (TPSA) is 52.3 Å². The highest BCUT2D eigenvalue weighted by atomic mass is 32.2. The molecular weight excluding hydrogens is 282 g/mol. The van der Waals surface area contributed by atoms with E-state index in [1.165, 1.54) is 5.56 Å². The van der Waals surface area contributed by atoms with Crippen molar-refractivity contribution in [1.82, 2.24) is 0 Å². The molecule has 1 aliphatic heterocycles. The Kier molecular flexibility index (Phi) is 3.83. The molecule has 0 spiro atoms. The molecule has 110 valence electrons. The SMILES string of the molecule is Cc1ccc(S(=O)C2COc3ccccc3C2N)c(C)c1. The number of nitrogens with two attached hydrogens (primary N) is 1. The highest BCUT2D eigenvalue weighted by molar-refractivity contribution is 7.85. The third kappa shape index (κ3) is 2.61. The van der Waals surface area contributed by atoms with Gasteiger partial charge in [-0.15, -0.1) is 0 Å². The van der Waals surface area contributed by atoms with Gasteiger partial charge in [0.1, 0.15) is 12.4 Å². The van der Waals surface area contributed by atoms with Gasteiger partial charge in [0.05, 0.1) is 22.1 Å². The van der Waals surface area contributed by atoms with Gasteiger partial charge in [0.2, 0.25) is 0 Å². The molecule has 2 N–H and O–H groups in total. The molecule has 3 nitrogen and oxygen atoms in total. The lowest BCUT2D eigenvalue weighted by Gasteiger charge is -2.30. The highest BCUT2D eigenvalue weighted by Crippen LogP contribution is 2.34. The van der Waals surface area contributed by atoms with Crippen LogP contribution in [0.1, 0.15) is 22.7 Å². The predicted molar refractivity (Wildman–Crippen MR) is 85.0 cm³/mol. The van der Waals surface area contributed by atoms with E-state index in [9.17, 15) is 4.21 Å². The largest absolute Gasteiger partial charge is 0.492 e. The fourth-order valence-corrected chi connectivity index (χ4v) is 4.26. The second-order valence-electron chi connectivity index (χ2n) is 5.48. The van der Waals surface area contributed by atoms with Gasteiger partial charge in [-0.25, -0.2) is 0 Å². The Hall–Kier alpha value is -1.65. The number of hydrogen-bond acceptors (Lipinski definition) is 3. The Morgan fingerprint density at radius 3 is 2.71 bits per heavy atom. The molecule has 0 saturated heterocycles. The molecule has 3 atom stereocenters. The molecule has 2 aromatic rings. The second-order valence-corrected chi connectivity index (χ2v) is 7.12. The number of fused-ring (bicyclic) bond motifs is 1. The molecule has 3 rings (SSSR count). The monoisotopic (exact) mass is 301 g/mol. The number of para-hydroxylation sites is 1. The molecule has 0 bridgehead atoms. The van der Waals surface area contributed by atoms with Crippen molar-refractivity contribution in [3.05, 3.63) is 59.2 Å². The smallest absolute Gasteiger partial charge is 0.124 e. The van der Waals surface area contributed by atoms with Crippen LogP contribution >= 0.6 is 0 Å². The summed E-state index contributed by atoms with van der Waals surface area (Å²) in [4.78, 5) is 0.851. The third-order valence-corrected chi connectivity index (χ3v) is 5.77. The zero-order valence-electron chi connectivity index (χ0n) is 12.2. The van der Waals surface area contributed by atoms with E-state index in [0.717, 1.165) is 21.8 Å². The second kappa shape index (κ2) is 5.62. The molecule has 0 radical (unpaired) electrons. The van der Waals surface area contributed by atoms with Crippen molar-refractivity contribution in [2.45, 2.75) is 30.0 Å². The summed E-state index contributed by atoms with van der Waals surface area (Å²) in [6.07, 6.45) is 0. The van der Waals surface area contributed by atoms with E-state index < -0.39 is 10.8 Å². The van der Waals surface area contributed by atoms with Crippen LogP contribution < -0.4 is 10.5 Å². The van der Waals surface area contributed by atoms with Crippen molar-refractivity contribution in [3.63, 3.8) is 0 Å². The first-order valence-electron chi connectivity index (χ1n) is 7.03. The molecule has 3 unspecified atom stereocenters. The van der Waals surface area contributed by atoms with Crippen LogP contribution in [-0.4, -0.2) is 16.1 Å². The van der Waals surface area contributed by atoms with Gasteiger partial charge in [-0.2, -0.15) is 0 Å². The minimum absolute atomic E-state index is 0.221. The molecule has 0 amide bonds. The molecule has 1 heterocycles. The van der Waals surface area contributed by atoms with Gasteiger partial charge < -0.3 is 10.5 Å². The van der Waals surface area contributed by atoms with Crippen molar-refractivity contribution in [3.8, 4) is 5.75 Å². The average Bonchev–Trinajstić information content (AvgIpc) is 2.47. The molecule has 2 aromatic carbocycles. The van der Waals surface area contributed by atoms with Gasteiger partial charge in [-0.1, -0.05) is 35.9 Å². The molecule has 21 heavy (non-hydrogen) atoms. The van der Waals surface area contributed by atoms with Gasteiger partial charge in [0.15, 0.2) is 0 Å². The van der Waals surface area contributed by atoms with Crippen LogP contribution in [0.25, 0.3) is 0 Å². The summed E-state index contributed by atoms with van der Waals surface area (Å²) in [5.41, 5.74) is 9.48. The molecule has 4 heteroatoms. The van der Waals surface area contributed by atoms with Gasteiger partial charge in [0.25, 0.3) is 0 Å². The summed E-state index contributed by atoms with van der Waals surface area (Å²) < 4.78 is 18.6. The normalized spacial score (nSPS) is 22.2. The predicted octanol–water partition coefficient (Wildman–Crippen LogP) is 2.87. The number of rotatable bonds is 2. The Bertz CT molecular complexity index is 699. The van der Waals surface area contributed by atoms with E-state index >= 15 is 0 Å². The van der Waals surface area contributed by atoms with Gasteiger partial charge in [-0.05, 0) is 31.5 Å². The first-order valence-corrected chi connectivity index (χ1v) is 8.24. The van der Waals surface area contributed by atoms with Gasteiger partial charge in [-0.3, -0.25) is 4.21 Å². The van der Waals surface area contributed by atoms with Crippen LogP contribution in [0.15, 0.2) is 47.4 Å². The lowest BCUT2D eigenvalue weighted by atomic mass is 10.0. The van der Waals surface area contributed by atoms with Crippen molar-refractivity contribution >= 4 is 10.8 Å². The van der Waals surface area contributed by atoms with E-state index in [-0.39, 0.29) is 11.3 Å². The maximum Gasteiger partial charge on any atom is 0.124 e. The van der Waals surface area contributed by atoms with E-state index in [1.807, 2.05) is 50.2 Å². The Labute approximate surface area is 127 Å². The zero-order valence-corrected chi connectivity index (χ0v) is 13.0. The molecule has 1 aliphatic rings. The standard InChI is InChI=1S/C17H19NO2S/c1-11-7-8-15(12(2)9-11)21(19)16-10-20-14-6-4-3-5-13(14)17(16)18/h3-9,16-17H,10,18H2,1-2H3. The van der Waals surface area contributed by atoms with Crippen LogP contribution in [0, 0.1) is 13.8 Å². The van der Waals surface area contributed by atoms with Crippen LogP contribution in [0.4, 0.5) is 0 Å². The van der Waals surface area contributed by atoms with Crippen molar-refractivity contribution in [1.29, 1.82) is 0 Å². The molecule has 0 aliphatic carbocycles. The van der Waals surface area contributed by atoms with E-state index in [1.54, 1.807) is 0 Å². The van der Waals surface area contributed by atoms with E-state index in [0.29, 0.717) is 6.61 Å². The minimum atomic E-state index is -1.18. The van der Waals surface area contributed by atoms with Gasteiger partial charge in [0, 0.05) is 10.5 Å². The minimum Gasteiger partial charge on any atom is -0.492 e. The number of benzene rings is 2. The van der Waals surface area contributed by atoms with Crippen LogP contribution in [0.3, 0.4) is 0 Å². The summed E-state index contributed by atoms with van der Waals surface area (Å²) in [6, 6.07) is 13.4. The summed E-state index contributed by atoms with van der Waals surface area (Å²) in [5, 5.41) is -0.221. The number of ether oxygens (including phenoxy) is 1. The van der Waals surface area contributed by atoms with Gasteiger partial charge >= 0.3 is 0 Å². The lowest BCUT2D eigenvalue weighted by Crippen LogP contribution is -2.39. The Morgan fingerprint density at radius 1 is 1.19 bits per heavy atom. The van der Waals surface area contributed by atoms with Crippen LogP contribution in [-0.2, 0) is 10.8 Å². The average molecular weight is 301 g/mol. The van der Waals surface area contributed by atoms with Crippen molar-refractivity contribution in [2.24, 2.45) is 5.73 Å². The van der Waals surface area contributed by atoms with Crippen molar-refractivity contribution < 1.29 is 8.95 Å². The third-order valence-electron chi connectivity index (χ3n) is 3.90. The first kappa shape index (κ1) is 14.3. The Balaban J connectivity index is 1.93. The summed E-state index contributed by atoms with van der Waals surface area (Å²) in [5.74, 6) is 0.805. The summed E-state index contributed by atoms with van der Waals surface area (Å²) in [7, 11) is -1.18. The summed E-state index contributed by atoms with van der Waals surface area (Å²) >= 11 is 0. The Morgan fingerprint density at radius 2 is 1.95 bits per heavy atom. The van der Waals surface area contributed by atoms with Crippen LogP contribution in [0.5, 0.6) is 5.75 Å². The zero-order chi connectivity index (χ0) is 15.0. The van der Waals surface area contributed by atoms with E-state index in [2.05, 4.69) is 6.07 Å². The fourth-order valence-electron chi connectivity index (χ4n) is 2.75. The quantitative estimate of drug-likeness (QED) is 0.928. The molecule has 0 aromatic heterocycles. The van der Waals surface area contributed by atoms with Crippen LogP contribution in [0.2, 0.25) is 0 Å². The molecular formula is C17H19NO2S. The van der Waals surface area contributed by atoms with Crippen molar-refractivity contribution in [2.75, 3.05) is 6.61 Å². The first-order chi connectivity index (χ1) is 10.1. The number of hydrogen-bond donors (Lipinski definition) is 1. The lowest BCUT2D eigenvalue weighted by molar-refractivity contribution is 0.273. The van der Waals surface area contributed by atoms with E-state index in [4.69, 9.17) is 10.5 Å². The summed E-state index contributed by atoms with van der Waals surface area (Å²) in [6.45, 7) is 4.41. The maximum atomic E-state index is 12.9. The highest BCUT2D eigenvalue weighted by Gasteiger charge is 2.33. The molecule has 0 fully saturated rings. The fraction of sp³-hybridized carbons (Fsp3) is 0.294.